The van der Waals surface area contributed by atoms with Crippen LogP contribution in [0.15, 0.2) is 74.5 Å². The van der Waals surface area contributed by atoms with Crippen LogP contribution in [0.2, 0.25) is 0 Å². The van der Waals surface area contributed by atoms with E-state index in [9.17, 15) is 4.79 Å². The molecule has 0 atom stereocenters. The Labute approximate surface area is 161 Å². The van der Waals surface area contributed by atoms with Crippen LogP contribution in [-0.4, -0.2) is 21.4 Å². The van der Waals surface area contributed by atoms with Gasteiger partial charge in [0, 0.05) is 25.1 Å². The van der Waals surface area contributed by atoms with Gasteiger partial charge in [-0.15, -0.1) is 0 Å². The molecule has 0 fully saturated rings. The van der Waals surface area contributed by atoms with E-state index >= 15 is 0 Å². The number of nitrogens with zero attached hydrogens (tertiary/aromatic N) is 2. The maximum absolute atomic E-state index is 12.6. The van der Waals surface area contributed by atoms with Crippen molar-refractivity contribution in [3.63, 3.8) is 0 Å². The van der Waals surface area contributed by atoms with Crippen LogP contribution < -0.4 is 5.56 Å². The summed E-state index contributed by atoms with van der Waals surface area (Å²) < 4.78 is 11.4. The fourth-order valence-corrected chi connectivity index (χ4v) is 3.59. The molecule has 1 aliphatic heterocycles. The predicted molar refractivity (Wildman–Crippen MR) is 105 cm³/mol. The minimum atomic E-state index is -0.106. The minimum absolute atomic E-state index is 0.106. The van der Waals surface area contributed by atoms with E-state index in [1.807, 2.05) is 42.5 Å². The van der Waals surface area contributed by atoms with Crippen molar-refractivity contribution in [3.8, 4) is 22.9 Å². The van der Waals surface area contributed by atoms with E-state index in [1.165, 1.54) is 0 Å². The zero-order valence-electron chi connectivity index (χ0n) is 15.2. The van der Waals surface area contributed by atoms with Gasteiger partial charge in [0.25, 0.3) is 5.56 Å². The molecule has 4 heterocycles. The first-order valence-corrected chi connectivity index (χ1v) is 9.29. The number of aromatic nitrogens is 2. The largest absolute Gasteiger partial charge is 0.461 e. The van der Waals surface area contributed by atoms with Crippen molar-refractivity contribution in [1.29, 1.82) is 0 Å². The van der Waals surface area contributed by atoms with Crippen LogP contribution in [0.25, 0.3) is 22.9 Å². The highest BCUT2D eigenvalue weighted by Gasteiger charge is 2.23. The number of rotatable bonds is 4. The summed E-state index contributed by atoms with van der Waals surface area (Å²) in [5.74, 6) is 2.81. The molecular weight excluding hydrogens is 354 g/mol. The third-order valence-electron chi connectivity index (χ3n) is 5.00. The zero-order chi connectivity index (χ0) is 18.9. The number of hydrogen-bond acceptors (Lipinski definition) is 5. The van der Waals surface area contributed by atoms with Gasteiger partial charge in [0.1, 0.15) is 11.5 Å². The van der Waals surface area contributed by atoms with Crippen LogP contribution in [-0.2, 0) is 19.5 Å². The molecule has 0 amide bonds. The summed E-state index contributed by atoms with van der Waals surface area (Å²) in [4.78, 5) is 22.2. The van der Waals surface area contributed by atoms with Gasteiger partial charge in [-0.05, 0) is 24.3 Å². The molecule has 140 valence electrons. The molecular formula is C22H19N3O3. The molecule has 6 heteroatoms. The number of aromatic amines is 1. The van der Waals surface area contributed by atoms with Crippen molar-refractivity contribution >= 4 is 0 Å². The Hall–Kier alpha value is -3.38. The first kappa shape index (κ1) is 16.8. The molecule has 0 unspecified atom stereocenters. The molecule has 5 rings (SSSR count). The average molecular weight is 373 g/mol. The fraction of sp³-hybridized carbons (Fsp3) is 0.182. The topological polar surface area (TPSA) is 75.3 Å². The Morgan fingerprint density at radius 1 is 1.04 bits per heavy atom. The van der Waals surface area contributed by atoms with Crippen LogP contribution in [0.4, 0.5) is 0 Å². The monoisotopic (exact) mass is 373 g/mol. The highest BCUT2D eigenvalue weighted by Crippen LogP contribution is 2.24. The van der Waals surface area contributed by atoms with Crippen LogP contribution in [0.1, 0.15) is 17.0 Å². The highest BCUT2D eigenvalue weighted by atomic mass is 16.3. The van der Waals surface area contributed by atoms with Crippen LogP contribution in [0, 0.1) is 0 Å². The van der Waals surface area contributed by atoms with Crippen molar-refractivity contribution in [3.05, 3.63) is 88.2 Å². The molecule has 4 aromatic rings. The Kier molecular flexibility index (Phi) is 4.18. The van der Waals surface area contributed by atoms with Gasteiger partial charge in [0.05, 0.1) is 24.1 Å². The SMILES string of the molecule is O=c1[nH]c(-c2ccco2)nc2c1CN(Cc1ccc(-c3ccccc3)o1)CC2. The highest BCUT2D eigenvalue weighted by molar-refractivity contribution is 5.57. The van der Waals surface area contributed by atoms with Crippen LogP contribution >= 0.6 is 0 Å². The lowest BCUT2D eigenvalue weighted by molar-refractivity contribution is 0.223. The molecule has 0 saturated heterocycles. The lowest BCUT2D eigenvalue weighted by Crippen LogP contribution is -2.35. The number of hydrogen-bond donors (Lipinski definition) is 1. The number of nitrogens with one attached hydrogen (secondary N) is 1. The van der Waals surface area contributed by atoms with Gasteiger partial charge in [-0.1, -0.05) is 30.3 Å². The number of benzene rings is 1. The first-order valence-electron chi connectivity index (χ1n) is 9.29. The van der Waals surface area contributed by atoms with E-state index in [-0.39, 0.29) is 5.56 Å². The summed E-state index contributed by atoms with van der Waals surface area (Å²) in [6, 6.07) is 17.6. The van der Waals surface area contributed by atoms with Gasteiger partial charge < -0.3 is 13.8 Å². The minimum Gasteiger partial charge on any atom is -0.461 e. The van der Waals surface area contributed by atoms with E-state index in [2.05, 4.69) is 14.9 Å². The fourth-order valence-electron chi connectivity index (χ4n) is 3.59. The number of furan rings is 2. The molecule has 0 saturated carbocycles. The van der Waals surface area contributed by atoms with Gasteiger partial charge >= 0.3 is 0 Å². The van der Waals surface area contributed by atoms with Crippen molar-refractivity contribution in [2.45, 2.75) is 19.5 Å². The van der Waals surface area contributed by atoms with Gasteiger partial charge in [-0.3, -0.25) is 9.69 Å². The van der Waals surface area contributed by atoms with Gasteiger partial charge in [0.2, 0.25) is 0 Å². The van der Waals surface area contributed by atoms with E-state index in [0.29, 0.717) is 24.7 Å². The summed E-state index contributed by atoms with van der Waals surface area (Å²) in [7, 11) is 0. The van der Waals surface area contributed by atoms with E-state index in [0.717, 1.165) is 41.3 Å². The van der Waals surface area contributed by atoms with E-state index in [4.69, 9.17) is 8.83 Å². The molecule has 0 radical (unpaired) electrons. The summed E-state index contributed by atoms with van der Waals surface area (Å²) in [6.07, 6.45) is 2.29. The predicted octanol–water partition coefficient (Wildman–Crippen LogP) is 3.85. The van der Waals surface area contributed by atoms with Gasteiger partial charge in [0.15, 0.2) is 11.6 Å². The van der Waals surface area contributed by atoms with Crippen LogP contribution in [0.5, 0.6) is 0 Å². The molecule has 1 aromatic carbocycles. The molecule has 6 nitrogen and oxygen atoms in total. The third kappa shape index (κ3) is 3.18. The molecule has 0 spiro atoms. The standard InChI is InChI=1S/C22H19N3O3/c26-22-17-14-25(11-10-18(17)23-21(24-22)20-7-4-12-27-20)13-16-8-9-19(28-16)15-5-2-1-3-6-15/h1-9,12H,10-11,13-14H2,(H,23,24,26). The smallest absolute Gasteiger partial charge is 0.256 e. The Balaban J connectivity index is 1.34. The summed E-state index contributed by atoms with van der Waals surface area (Å²) in [6.45, 7) is 2.03. The lowest BCUT2D eigenvalue weighted by atomic mass is 10.1. The van der Waals surface area contributed by atoms with Crippen LogP contribution in [0.3, 0.4) is 0 Å². The molecule has 3 aromatic heterocycles. The average Bonchev–Trinajstić information content (AvgIpc) is 3.41. The second-order valence-electron chi connectivity index (χ2n) is 6.91. The Morgan fingerprint density at radius 2 is 1.93 bits per heavy atom. The number of H-pyrrole nitrogens is 1. The lowest BCUT2D eigenvalue weighted by Gasteiger charge is -2.26. The molecule has 28 heavy (non-hydrogen) atoms. The zero-order valence-corrected chi connectivity index (χ0v) is 15.2. The maximum Gasteiger partial charge on any atom is 0.256 e. The van der Waals surface area contributed by atoms with Crippen molar-refractivity contribution < 1.29 is 8.83 Å². The second-order valence-corrected chi connectivity index (χ2v) is 6.91. The summed E-state index contributed by atoms with van der Waals surface area (Å²) in [5.41, 5.74) is 2.52. The van der Waals surface area contributed by atoms with E-state index < -0.39 is 0 Å². The first-order chi connectivity index (χ1) is 13.8. The summed E-state index contributed by atoms with van der Waals surface area (Å²) >= 11 is 0. The molecule has 0 bridgehead atoms. The molecule has 1 aliphatic rings. The maximum atomic E-state index is 12.6. The normalized spacial score (nSPS) is 14.1. The van der Waals surface area contributed by atoms with Crippen molar-refractivity contribution in [2.24, 2.45) is 0 Å². The van der Waals surface area contributed by atoms with Crippen molar-refractivity contribution in [2.75, 3.05) is 6.54 Å². The van der Waals surface area contributed by atoms with E-state index in [1.54, 1.807) is 18.4 Å². The Morgan fingerprint density at radius 3 is 2.75 bits per heavy atom. The van der Waals surface area contributed by atoms with Gasteiger partial charge in [-0.25, -0.2) is 4.98 Å². The Bertz CT molecular complexity index is 1140. The second kappa shape index (κ2) is 6.98. The van der Waals surface area contributed by atoms with Gasteiger partial charge in [-0.2, -0.15) is 0 Å². The van der Waals surface area contributed by atoms with Crippen molar-refractivity contribution in [1.82, 2.24) is 14.9 Å². The third-order valence-corrected chi connectivity index (χ3v) is 5.00. The molecule has 1 N–H and O–H groups in total. The number of fused-ring (bicyclic) bond motifs is 1. The molecule has 0 aliphatic carbocycles. The quantitative estimate of drug-likeness (QED) is 0.588. The summed E-state index contributed by atoms with van der Waals surface area (Å²) in [5, 5.41) is 0.